The number of ether oxygens (including phenoxy) is 3. The Kier molecular flexibility index (Phi) is 11.2. The van der Waals surface area contributed by atoms with Crippen molar-refractivity contribution < 1.29 is 23.8 Å². The van der Waals surface area contributed by atoms with Gasteiger partial charge in [0, 0.05) is 0 Å². The third kappa shape index (κ3) is 10.1. The minimum Gasteiger partial charge on any atom is -0.487 e. The standard InChI is InChI=1S/C21H32O5/c1-4-5-6-7-8-11-16-24-20(22)14-15-21(23)26-19-13-10-9-12-18(19)25-17(2)3/h9-10,12-13,17H,4-8,11,14-16H2,1-3H3. The van der Waals surface area contributed by atoms with Gasteiger partial charge in [0.1, 0.15) is 0 Å². The number of benzene rings is 1. The van der Waals surface area contributed by atoms with E-state index in [1.807, 2.05) is 19.9 Å². The van der Waals surface area contributed by atoms with Crippen molar-refractivity contribution in [1.29, 1.82) is 0 Å². The number of para-hydroxylation sites is 2. The Morgan fingerprint density at radius 3 is 2.19 bits per heavy atom. The maximum Gasteiger partial charge on any atom is 0.311 e. The molecular weight excluding hydrogens is 332 g/mol. The SMILES string of the molecule is CCCCCCCCOC(=O)CCC(=O)Oc1ccccc1OC(C)C. The number of carbonyl (C=O) groups excluding carboxylic acids is 2. The lowest BCUT2D eigenvalue weighted by molar-refractivity contribution is -0.147. The molecule has 0 spiro atoms. The van der Waals surface area contributed by atoms with Crippen molar-refractivity contribution in [3.63, 3.8) is 0 Å². The maximum atomic E-state index is 11.9. The van der Waals surface area contributed by atoms with E-state index in [1.54, 1.807) is 18.2 Å². The Bertz CT molecular complexity index is 539. The highest BCUT2D eigenvalue weighted by molar-refractivity contribution is 5.79. The van der Waals surface area contributed by atoms with Crippen LogP contribution in [0.1, 0.15) is 72.1 Å². The summed E-state index contributed by atoms with van der Waals surface area (Å²) >= 11 is 0. The first-order chi connectivity index (χ1) is 12.5. The molecular formula is C21H32O5. The summed E-state index contributed by atoms with van der Waals surface area (Å²) in [7, 11) is 0. The summed E-state index contributed by atoms with van der Waals surface area (Å²) in [6.45, 7) is 6.41. The van der Waals surface area contributed by atoms with E-state index >= 15 is 0 Å². The molecule has 146 valence electrons. The minimum absolute atomic E-state index is 0.00859. The molecule has 0 heterocycles. The van der Waals surface area contributed by atoms with Gasteiger partial charge >= 0.3 is 11.9 Å². The van der Waals surface area contributed by atoms with Crippen LogP contribution in [-0.4, -0.2) is 24.6 Å². The van der Waals surface area contributed by atoms with E-state index in [9.17, 15) is 9.59 Å². The van der Waals surface area contributed by atoms with Gasteiger partial charge in [-0.05, 0) is 32.4 Å². The average Bonchev–Trinajstić information content (AvgIpc) is 2.60. The third-order valence-corrected chi connectivity index (χ3v) is 3.73. The number of unbranched alkanes of at least 4 members (excludes halogenated alkanes) is 5. The summed E-state index contributed by atoms with van der Waals surface area (Å²) in [6.07, 6.45) is 6.83. The lowest BCUT2D eigenvalue weighted by Gasteiger charge is -2.13. The van der Waals surface area contributed by atoms with Crippen LogP contribution in [0.4, 0.5) is 0 Å². The van der Waals surface area contributed by atoms with Crippen LogP contribution < -0.4 is 9.47 Å². The van der Waals surface area contributed by atoms with E-state index in [-0.39, 0.29) is 24.9 Å². The molecule has 0 radical (unpaired) electrons. The highest BCUT2D eigenvalue weighted by Gasteiger charge is 2.13. The van der Waals surface area contributed by atoms with Gasteiger partial charge in [-0.25, -0.2) is 0 Å². The molecule has 0 unspecified atom stereocenters. The summed E-state index contributed by atoms with van der Waals surface area (Å²) in [5.74, 6) is 0.0525. The van der Waals surface area contributed by atoms with Crippen molar-refractivity contribution in [3.05, 3.63) is 24.3 Å². The molecule has 26 heavy (non-hydrogen) atoms. The lowest BCUT2D eigenvalue weighted by Crippen LogP contribution is -2.14. The normalized spacial score (nSPS) is 10.6. The van der Waals surface area contributed by atoms with Crippen LogP contribution in [0.5, 0.6) is 11.5 Å². The van der Waals surface area contributed by atoms with Crippen molar-refractivity contribution >= 4 is 11.9 Å². The van der Waals surface area contributed by atoms with Gasteiger partial charge in [0.25, 0.3) is 0 Å². The Hall–Kier alpha value is -2.04. The van der Waals surface area contributed by atoms with Gasteiger partial charge in [-0.1, -0.05) is 51.2 Å². The quantitative estimate of drug-likeness (QED) is 0.278. The topological polar surface area (TPSA) is 61.8 Å². The lowest BCUT2D eigenvalue weighted by atomic mass is 10.1. The summed E-state index contributed by atoms with van der Waals surface area (Å²) in [6, 6.07) is 7.00. The van der Waals surface area contributed by atoms with Crippen molar-refractivity contribution in [3.8, 4) is 11.5 Å². The molecule has 1 aromatic rings. The van der Waals surface area contributed by atoms with Crippen molar-refractivity contribution in [2.75, 3.05) is 6.61 Å². The first-order valence-electron chi connectivity index (χ1n) is 9.65. The monoisotopic (exact) mass is 364 g/mol. The molecule has 0 aromatic heterocycles. The Labute approximate surface area is 157 Å². The molecule has 1 aromatic carbocycles. The maximum absolute atomic E-state index is 11.9. The molecule has 0 fully saturated rings. The first kappa shape index (κ1) is 22.0. The second-order valence-electron chi connectivity index (χ2n) is 6.58. The zero-order valence-corrected chi connectivity index (χ0v) is 16.3. The van der Waals surface area contributed by atoms with Gasteiger partial charge in [-0.15, -0.1) is 0 Å². The van der Waals surface area contributed by atoms with Crippen molar-refractivity contribution in [2.45, 2.75) is 78.2 Å². The van der Waals surface area contributed by atoms with Gasteiger partial charge in [0.05, 0.1) is 25.6 Å². The third-order valence-electron chi connectivity index (χ3n) is 3.73. The number of hydrogen-bond acceptors (Lipinski definition) is 5. The van der Waals surface area contributed by atoms with Crippen LogP contribution in [0.25, 0.3) is 0 Å². The van der Waals surface area contributed by atoms with Crippen LogP contribution in [0.3, 0.4) is 0 Å². The van der Waals surface area contributed by atoms with Crippen LogP contribution in [0.15, 0.2) is 24.3 Å². The zero-order valence-electron chi connectivity index (χ0n) is 16.3. The molecule has 0 N–H and O–H groups in total. The van der Waals surface area contributed by atoms with Gasteiger partial charge < -0.3 is 14.2 Å². The predicted molar refractivity (Wildman–Crippen MR) is 101 cm³/mol. The molecule has 0 aliphatic rings. The molecule has 0 saturated carbocycles. The van der Waals surface area contributed by atoms with E-state index in [1.165, 1.54) is 25.7 Å². The van der Waals surface area contributed by atoms with E-state index < -0.39 is 5.97 Å². The van der Waals surface area contributed by atoms with E-state index in [0.717, 1.165) is 12.8 Å². The molecule has 1 rings (SSSR count). The summed E-state index contributed by atoms with van der Waals surface area (Å²) in [5.41, 5.74) is 0. The fraction of sp³-hybridized carbons (Fsp3) is 0.619. The molecule has 0 bridgehead atoms. The predicted octanol–water partition coefficient (Wildman–Crippen LogP) is 5.06. The second kappa shape index (κ2) is 13.2. The molecule has 0 aliphatic heterocycles. The van der Waals surface area contributed by atoms with Crippen molar-refractivity contribution in [2.24, 2.45) is 0 Å². The minimum atomic E-state index is -0.471. The zero-order chi connectivity index (χ0) is 19.2. The molecule has 0 atom stereocenters. The summed E-state index contributed by atoms with van der Waals surface area (Å²) in [4.78, 5) is 23.6. The van der Waals surface area contributed by atoms with E-state index in [0.29, 0.717) is 18.1 Å². The number of esters is 2. The van der Waals surface area contributed by atoms with Crippen molar-refractivity contribution in [1.82, 2.24) is 0 Å². The number of rotatable bonds is 13. The first-order valence-corrected chi connectivity index (χ1v) is 9.65. The molecule has 0 aliphatic carbocycles. The average molecular weight is 364 g/mol. The van der Waals surface area contributed by atoms with E-state index in [2.05, 4.69) is 6.92 Å². The molecule has 5 heteroatoms. The van der Waals surface area contributed by atoms with E-state index in [4.69, 9.17) is 14.2 Å². The number of hydrogen-bond donors (Lipinski definition) is 0. The van der Waals surface area contributed by atoms with Crippen LogP contribution in [0, 0.1) is 0 Å². The molecule has 0 saturated heterocycles. The Morgan fingerprint density at radius 2 is 1.50 bits per heavy atom. The van der Waals surface area contributed by atoms with Crippen LogP contribution in [-0.2, 0) is 14.3 Å². The largest absolute Gasteiger partial charge is 0.487 e. The smallest absolute Gasteiger partial charge is 0.311 e. The van der Waals surface area contributed by atoms with Gasteiger partial charge in [-0.3, -0.25) is 9.59 Å². The van der Waals surface area contributed by atoms with Gasteiger partial charge in [0.2, 0.25) is 0 Å². The second-order valence-corrected chi connectivity index (χ2v) is 6.58. The fourth-order valence-electron chi connectivity index (χ4n) is 2.40. The fourth-order valence-corrected chi connectivity index (χ4v) is 2.40. The number of carbonyl (C=O) groups is 2. The Morgan fingerprint density at radius 1 is 0.885 bits per heavy atom. The van der Waals surface area contributed by atoms with Crippen LogP contribution in [0.2, 0.25) is 0 Å². The highest BCUT2D eigenvalue weighted by atomic mass is 16.6. The summed E-state index contributed by atoms with van der Waals surface area (Å²) in [5, 5.41) is 0. The highest BCUT2D eigenvalue weighted by Crippen LogP contribution is 2.27. The van der Waals surface area contributed by atoms with Crippen LogP contribution >= 0.6 is 0 Å². The van der Waals surface area contributed by atoms with Gasteiger partial charge in [0.15, 0.2) is 11.5 Å². The molecule has 5 nitrogen and oxygen atoms in total. The summed E-state index contributed by atoms with van der Waals surface area (Å²) < 4.78 is 16.1. The Balaban J connectivity index is 2.23. The van der Waals surface area contributed by atoms with Gasteiger partial charge in [-0.2, -0.15) is 0 Å². The molecule has 0 amide bonds.